The van der Waals surface area contributed by atoms with Gasteiger partial charge < -0.3 is 19.4 Å². The molecule has 0 aliphatic heterocycles. The number of carbonyl (C=O) groups is 2. The van der Waals surface area contributed by atoms with Gasteiger partial charge in [0.05, 0.1) is 13.7 Å². The molecule has 0 spiro atoms. The van der Waals surface area contributed by atoms with E-state index in [1.54, 1.807) is 4.90 Å². The Balaban J connectivity index is 1.61. The molecule has 1 fully saturated rings. The maximum atomic E-state index is 12.5. The smallest absolute Gasteiger partial charge is 0.360 e. The van der Waals surface area contributed by atoms with Crippen molar-refractivity contribution < 1.29 is 18.7 Å². The number of carbonyl (C=O) groups excluding carboxylic acids is 2. The van der Waals surface area contributed by atoms with Crippen LogP contribution in [0.5, 0.6) is 0 Å². The summed E-state index contributed by atoms with van der Waals surface area (Å²) in [6.45, 7) is 0.685. The molecule has 2 amide bonds. The number of nitrogens with zero attached hydrogens (tertiary/aromatic N) is 2. The van der Waals surface area contributed by atoms with Gasteiger partial charge in [-0.2, -0.15) is 0 Å². The SMILES string of the molecule is COC(=O)c1coc(CN(C(=O)NCc2ccccc2)C2CC2)n1. The van der Waals surface area contributed by atoms with Crippen molar-refractivity contribution in [3.63, 3.8) is 0 Å². The molecule has 1 aliphatic rings. The molecule has 0 unspecified atom stereocenters. The molecule has 7 nitrogen and oxygen atoms in total. The molecule has 0 radical (unpaired) electrons. The molecule has 0 saturated heterocycles. The minimum atomic E-state index is -0.559. The van der Waals surface area contributed by atoms with Crippen LogP contribution in [0.2, 0.25) is 0 Å². The lowest BCUT2D eigenvalue weighted by molar-refractivity contribution is 0.0594. The molecule has 1 aliphatic carbocycles. The van der Waals surface area contributed by atoms with Gasteiger partial charge in [0.2, 0.25) is 5.89 Å². The third-order valence-electron chi connectivity index (χ3n) is 3.79. The van der Waals surface area contributed by atoms with Crippen molar-refractivity contribution in [1.82, 2.24) is 15.2 Å². The molecule has 1 aromatic carbocycles. The lowest BCUT2D eigenvalue weighted by Gasteiger charge is -2.21. The van der Waals surface area contributed by atoms with Gasteiger partial charge in [-0.3, -0.25) is 0 Å². The van der Waals surface area contributed by atoms with Gasteiger partial charge >= 0.3 is 12.0 Å². The van der Waals surface area contributed by atoms with Crippen molar-refractivity contribution >= 4 is 12.0 Å². The summed E-state index contributed by atoms with van der Waals surface area (Å²) in [5.41, 5.74) is 1.14. The molecule has 24 heavy (non-hydrogen) atoms. The summed E-state index contributed by atoms with van der Waals surface area (Å²) in [4.78, 5) is 29.6. The number of amides is 2. The van der Waals surface area contributed by atoms with E-state index >= 15 is 0 Å². The fraction of sp³-hybridized carbons (Fsp3) is 0.353. The number of methoxy groups -OCH3 is 1. The van der Waals surface area contributed by atoms with Crippen LogP contribution in [0.15, 0.2) is 41.0 Å². The van der Waals surface area contributed by atoms with Gasteiger partial charge in [0.15, 0.2) is 5.69 Å². The zero-order valence-corrected chi connectivity index (χ0v) is 13.4. The number of nitrogens with one attached hydrogen (secondary N) is 1. The Bertz CT molecular complexity index is 710. The molecule has 2 aromatic rings. The average molecular weight is 329 g/mol. The van der Waals surface area contributed by atoms with E-state index in [1.165, 1.54) is 13.4 Å². The predicted octanol–water partition coefficient (Wildman–Crippen LogP) is 2.34. The Morgan fingerprint density at radius 3 is 2.75 bits per heavy atom. The molecule has 3 rings (SSSR count). The fourth-order valence-electron chi connectivity index (χ4n) is 2.36. The minimum absolute atomic E-state index is 0.105. The lowest BCUT2D eigenvalue weighted by Crippen LogP contribution is -2.40. The first kappa shape index (κ1) is 16.0. The molecule has 1 N–H and O–H groups in total. The second-order valence-corrected chi connectivity index (χ2v) is 5.62. The van der Waals surface area contributed by atoms with Gasteiger partial charge in [-0.15, -0.1) is 0 Å². The predicted molar refractivity (Wildman–Crippen MR) is 85.1 cm³/mol. The normalized spacial score (nSPS) is 13.4. The largest absolute Gasteiger partial charge is 0.464 e. The maximum absolute atomic E-state index is 12.5. The van der Waals surface area contributed by atoms with Crippen LogP contribution in [-0.4, -0.2) is 35.0 Å². The van der Waals surface area contributed by atoms with E-state index in [9.17, 15) is 9.59 Å². The van der Waals surface area contributed by atoms with Crippen LogP contribution in [0.25, 0.3) is 0 Å². The van der Waals surface area contributed by atoms with Gasteiger partial charge in [0, 0.05) is 12.6 Å². The quantitative estimate of drug-likeness (QED) is 0.822. The number of oxazole rings is 1. The summed E-state index contributed by atoms with van der Waals surface area (Å²) in [5.74, 6) is -0.242. The summed E-state index contributed by atoms with van der Waals surface area (Å²) < 4.78 is 9.87. The number of hydrogen-bond acceptors (Lipinski definition) is 5. The van der Waals surface area contributed by atoms with Crippen molar-refractivity contribution in [2.75, 3.05) is 7.11 Å². The van der Waals surface area contributed by atoms with Gasteiger partial charge in [0.25, 0.3) is 0 Å². The fourth-order valence-corrected chi connectivity index (χ4v) is 2.36. The molecular formula is C17H19N3O4. The minimum Gasteiger partial charge on any atom is -0.464 e. The number of hydrogen-bond donors (Lipinski definition) is 1. The third-order valence-corrected chi connectivity index (χ3v) is 3.79. The Labute approximate surface area is 139 Å². The first-order chi connectivity index (χ1) is 11.7. The standard InChI is InChI=1S/C17H19N3O4/c1-23-16(21)14-11-24-15(19-14)10-20(13-7-8-13)17(22)18-9-12-5-3-2-4-6-12/h2-6,11,13H,7-10H2,1H3,(H,18,22). The molecule has 1 aromatic heterocycles. The van der Waals surface area contributed by atoms with Crippen LogP contribution >= 0.6 is 0 Å². The summed E-state index contributed by atoms with van der Waals surface area (Å²) in [6, 6.07) is 9.73. The second-order valence-electron chi connectivity index (χ2n) is 5.62. The summed E-state index contributed by atoms with van der Waals surface area (Å²) >= 11 is 0. The number of urea groups is 1. The van der Waals surface area contributed by atoms with Gasteiger partial charge in [-0.05, 0) is 18.4 Å². The second kappa shape index (κ2) is 7.16. The number of ether oxygens (including phenoxy) is 1. The van der Waals surface area contributed by atoms with Crippen LogP contribution in [-0.2, 0) is 17.8 Å². The van der Waals surface area contributed by atoms with Crippen molar-refractivity contribution in [3.8, 4) is 0 Å². The molecule has 126 valence electrons. The Hall–Kier alpha value is -2.83. The lowest BCUT2D eigenvalue weighted by atomic mass is 10.2. The zero-order valence-electron chi connectivity index (χ0n) is 13.4. The molecule has 0 atom stereocenters. The highest BCUT2D eigenvalue weighted by atomic mass is 16.5. The Morgan fingerprint density at radius 2 is 2.08 bits per heavy atom. The van der Waals surface area contributed by atoms with E-state index in [0.29, 0.717) is 12.4 Å². The highest BCUT2D eigenvalue weighted by Crippen LogP contribution is 2.28. The van der Waals surface area contributed by atoms with E-state index in [4.69, 9.17) is 4.42 Å². The van der Waals surface area contributed by atoms with Crippen molar-refractivity contribution in [1.29, 1.82) is 0 Å². The Kier molecular flexibility index (Phi) is 4.79. The first-order valence-corrected chi connectivity index (χ1v) is 7.78. The summed E-state index contributed by atoms with van der Waals surface area (Å²) in [6.07, 6.45) is 3.17. The first-order valence-electron chi connectivity index (χ1n) is 7.78. The van der Waals surface area contributed by atoms with Crippen LogP contribution < -0.4 is 5.32 Å². The summed E-state index contributed by atoms with van der Waals surface area (Å²) in [5, 5.41) is 2.91. The van der Waals surface area contributed by atoms with E-state index in [-0.39, 0.29) is 24.3 Å². The van der Waals surface area contributed by atoms with Crippen LogP contribution in [0, 0.1) is 0 Å². The number of esters is 1. The van der Waals surface area contributed by atoms with E-state index in [1.807, 2.05) is 30.3 Å². The van der Waals surface area contributed by atoms with Gasteiger partial charge in [0.1, 0.15) is 6.26 Å². The molecule has 1 heterocycles. The molecule has 0 bridgehead atoms. The van der Waals surface area contributed by atoms with Crippen LogP contribution in [0.4, 0.5) is 4.79 Å². The van der Waals surface area contributed by atoms with Gasteiger partial charge in [-0.1, -0.05) is 30.3 Å². The highest BCUT2D eigenvalue weighted by Gasteiger charge is 2.33. The van der Waals surface area contributed by atoms with E-state index in [0.717, 1.165) is 18.4 Å². The average Bonchev–Trinajstić information content (AvgIpc) is 3.35. The van der Waals surface area contributed by atoms with Crippen LogP contribution in [0.3, 0.4) is 0 Å². The number of benzene rings is 1. The van der Waals surface area contributed by atoms with Gasteiger partial charge in [-0.25, -0.2) is 14.6 Å². The highest BCUT2D eigenvalue weighted by molar-refractivity contribution is 5.86. The third kappa shape index (κ3) is 3.92. The van der Waals surface area contributed by atoms with E-state index < -0.39 is 5.97 Å². The Morgan fingerprint density at radius 1 is 1.33 bits per heavy atom. The van der Waals surface area contributed by atoms with Crippen molar-refractivity contribution in [3.05, 3.63) is 53.7 Å². The molecular weight excluding hydrogens is 310 g/mol. The zero-order chi connectivity index (χ0) is 16.9. The van der Waals surface area contributed by atoms with E-state index in [2.05, 4.69) is 15.0 Å². The monoisotopic (exact) mass is 329 g/mol. The number of aromatic nitrogens is 1. The molecule has 7 heteroatoms. The maximum Gasteiger partial charge on any atom is 0.360 e. The van der Waals surface area contributed by atoms with Crippen LogP contribution in [0.1, 0.15) is 34.8 Å². The summed E-state index contributed by atoms with van der Waals surface area (Å²) in [7, 11) is 1.28. The van der Waals surface area contributed by atoms with Crippen molar-refractivity contribution in [2.24, 2.45) is 0 Å². The van der Waals surface area contributed by atoms with Crippen molar-refractivity contribution in [2.45, 2.75) is 32.0 Å². The number of rotatable bonds is 6. The topological polar surface area (TPSA) is 84.7 Å². The molecule has 1 saturated carbocycles.